The van der Waals surface area contributed by atoms with Crippen molar-refractivity contribution in [3.05, 3.63) is 70.2 Å². The first-order chi connectivity index (χ1) is 12.0. The van der Waals surface area contributed by atoms with Crippen LogP contribution in [0.5, 0.6) is 0 Å². The van der Waals surface area contributed by atoms with E-state index in [4.69, 9.17) is 23.8 Å². The summed E-state index contributed by atoms with van der Waals surface area (Å²) in [5.41, 5.74) is 2.87. The van der Waals surface area contributed by atoms with Crippen LogP contribution in [0, 0.1) is 0 Å². The lowest BCUT2D eigenvalue weighted by Gasteiger charge is -2.14. The number of hydrogen-bond acceptors (Lipinski definition) is 3. The Bertz CT molecular complexity index is 1040. The molecule has 1 aromatic heterocycles. The molecule has 0 radical (unpaired) electrons. The van der Waals surface area contributed by atoms with Crippen molar-refractivity contribution in [2.75, 3.05) is 4.90 Å². The summed E-state index contributed by atoms with van der Waals surface area (Å²) in [7, 11) is 2.00. The molecular weight excluding hydrogens is 372 g/mol. The molecule has 1 amide bonds. The number of thiocarbonyl (C=S) groups is 1. The summed E-state index contributed by atoms with van der Waals surface area (Å²) in [5, 5.41) is 1.74. The van der Waals surface area contributed by atoms with Gasteiger partial charge in [-0.15, -0.1) is 0 Å². The van der Waals surface area contributed by atoms with Crippen molar-refractivity contribution in [2.45, 2.75) is 0 Å². The van der Waals surface area contributed by atoms with Gasteiger partial charge in [0, 0.05) is 34.7 Å². The Morgan fingerprint density at radius 3 is 2.60 bits per heavy atom. The van der Waals surface area contributed by atoms with Gasteiger partial charge in [0.25, 0.3) is 5.91 Å². The minimum atomic E-state index is -0.106. The number of benzene rings is 2. The van der Waals surface area contributed by atoms with Gasteiger partial charge in [0.15, 0.2) is 4.32 Å². The van der Waals surface area contributed by atoms with E-state index in [9.17, 15) is 4.79 Å². The number of para-hydroxylation sites is 1. The molecule has 2 heterocycles. The number of fused-ring (bicyclic) bond motifs is 1. The van der Waals surface area contributed by atoms with Gasteiger partial charge < -0.3 is 4.57 Å². The largest absolute Gasteiger partial charge is 0.350 e. The van der Waals surface area contributed by atoms with E-state index in [0.29, 0.717) is 14.2 Å². The van der Waals surface area contributed by atoms with Gasteiger partial charge in [0.2, 0.25) is 0 Å². The lowest BCUT2D eigenvalue weighted by Crippen LogP contribution is -2.27. The number of amides is 1. The molecule has 0 aliphatic carbocycles. The van der Waals surface area contributed by atoms with E-state index < -0.39 is 0 Å². The Balaban J connectivity index is 1.74. The molecule has 25 heavy (non-hydrogen) atoms. The van der Waals surface area contributed by atoms with Crippen LogP contribution in [0.3, 0.4) is 0 Å². The summed E-state index contributed by atoms with van der Waals surface area (Å²) >= 11 is 12.7. The quantitative estimate of drug-likeness (QED) is 0.446. The van der Waals surface area contributed by atoms with E-state index in [1.54, 1.807) is 29.2 Å². The van der Waals surface area contributed by atoms with Crippen molar-refractivity contribution in [3.8, 4) is 0 Å². The smallest absolute Gasteiger partial charge is 0.270 e. The van der Waals surface area contributed by atoms with Gasteiger partial charge >= 0.3 is 0 Å². The molecule has 1 fully saturated rings. The van der Waals surface area contributed by atoms with Gasteiger partial charge in [-0.25, -0.2) is 0 Å². The number of halogens is 1. The van der Waals surface area contributed by atoms with E-state index in [-0.39, 0.29) is 5.91 Å². The van der Waals surface area contributed by atoms with Crippen LogP contribution in [0.1, 0.15) is 5.56 Å². The molecule has 0 N–H and O–H groups in total. The molecular formula is C19H13ClN2OS2. The molecule has 2 aromatic carbocycles. The average Bonchev–Trinajstić information content (AvgIpc) is 3.06. The van der Waals surface area contributed by atoms with Crippen LogP contribution in [0.25, 0.3) is 17.0 Å². The average molecular weight is 385 g/mol. The first kappa shape index (κ1) is 16.4. The molecule has 1 saturated heterocycles. The maximum atomic E-state index is 12.9. The summed E-state index contributed by atoms with van der Waals surface area (Å²) in [6.07, 6.45) is 3.94. The third kappa shape index (κ3) is 2.88. The first-order valence-corrected chi connectivity index (χ1v) is 9.22. The van der Waals surface area contributed by atoms with Crippen molar-refractivity contribution in [1.82, 2.24) is 4.57 Å². The Hall–Kier alpha value is -2.08. The number of nitrogens with zero attached hydrogens (tertiary/aromatic N) is 2. The Kier molecular flexibility index (Phi) is 4.15. The number of carbonyl (C=O) groups is 1. The summed E-state index contributed by atoms with van der Waals surface area (Å²) in [4.78, 5) is 15.0. The molecule has 0 unspecified atom stereocenters. The highest BCUT2D eigenvalue weighted by Gasteiger charge is 2.33. The van der Waals surface area contributed by atoms with Gasteiger partial charge in [-0.05, 0) is 36.4 Å². The van der Waals surface area contributed by atoms with E-state index in [1.165, 1.54) is 11.8 Å². The topological polar surface area (TPSA) is 25.2 Å². The lowest BCUT2D eigenvalue weighted by molar-refractivity contribution is -0.113. The molecule has 3 aromatic rings. The molecule has 1 aliphatic heterocycles. The van der Waals surface area contributed by atoms with Crippen LogP contribution in [-0.2, 0) is 11.8 Å². The molecule has 0 saturated carbocycles. The van der Waals surface area contributed by atoms with E-state index in [0.717, 1.165) is 22.2 Å². The van der Waals surface area contributed by atoms with Crippen LogP contribution < -0.4 is 4.90 Å². The van der Waals surface area contributed by atoms with E-state index in [1.807, 2.05) is 31.5 Å². The zero-order valence-corrected chi connectivity index (χ0v) is 15.7. The highest BCUT2D eigenvalue weighted by atomic mass is 35.5. The molecule has 124 valence electrons. The van der Waals surface area contributed by atoms with Gasteiger partial charge in [-0.3, -0.25) is 9.69 Å². The Labute approximate surface area is 159 Å². The second-order valence-corrected chi connectivity index (χ2v) is 7.82. The van der Waals surface area contributed by atoms with Crippen molar-refractivity contribution < 1.29 is 4.79 Å². The standard InChI is InChI=1S/C19H13ClN2OS2/c1-21-11-12(15-4-2-3-5-16(15)21)10-17-18(23)22(19(24)25-17)14-8-6-13(20)7-9-14/h2-11H,1H3/b17-10-. The second-order valence-electron chi connectivity index (χ2n) is 5.71. The van der Waals surface area contributed by atoms with Gasteiger partial charge in [0.05, 0.1) is 10.6 Å². The fourth-order valence-corrected chi connectivity index (χ4v) is 4.33. The first-order valence-electron chi connectivity index (χ1n) is 7.62. The van der Waals surface area contributed by atoms with Crippen molar-refractivity contribution >= 4 is 68.5 Å². The maximum absolute atomic E-state index is 12.9. The zero-order valence-electron chi connectivity index (χ0n) is 13.3. The third-order valence-electron chi connectivity index (χ3n) is 4.09. The number of aromatic nitrogens is 1. The van der Waals surface area contributed by atoms with Crippen LogP contribution in [0.15, 0.2) is 59.6 Å². The minimum absolute atomic E-state index is 0.106. The number of carbonyl (C=O) groups excluding carboxylic acids is 1. The zero-order chi connectivity index (χ0) is 17.6. The van der Waals surface area contributed by atoms with E-state index in [2.05, 4.69) is 16.7 Å². The van der Waals surface area contributed by atoms with Crippen LogP contribution in [0.2, 0.25) is 5.02 Å². The van der Waals surface area contributed by atoms with Crippen LogP contribution in [-0.4, -0.2) is 14.8 Å². The minimum Gasteiger partial charge on any atom is -0.350 e. The monoisotopic (exact) mass is 384 g/mol. The van der Waals surface area contributed by atoms with Gasteiger partial charge in [0.1, 0.15) is 0 Å². The SMILES string of the molecule is Cn1cc(/C=C2\SC(=S)N(c3ccc(Cl)cc3)C2=O)c2ccccc21. The fraction of sp³-hybridized carbons (Fsp3) is 0.0526. The molecule has 0 spiro atoms. The number of hydrogen-bond donors (Lipinski definition) is 0. The molecule has 0 atom stereocenters. The summed E-state index contributed by atoms with van der Waals surface area (Å²) < 4.78 is 2.58. The van der Waals surface area contributed by atoms with Crippen LogP contribution >= 0.6 is 35.6 Å². The van der Waals surface area contributed by atoms with Crippen molar-refractivity contribution in [2.24, 2.45) is 7.05 Å². The van der Waals surface area contributed by atoms with Crippen molar-refractivity contribution in [1.29, 1.82) is 0 Å². The predicted octanol–water partition coefficient (Wildman–Crippen LogP) is 5.24. The predicted molar refractivity (Wildman–Crippen MR) is 110 cm³/mol. The lowest BCUT2D eigenvalue weighted by atomic mass is 10.1. The second kappa shape index (κ2) is 6.33. The molecule has 0 bridgehead atoms. The number of thioether (sulfide) groups is 1. The normalized spacial score (nSPS) is 16.4. The molecule has 4 rings (SSSR count). The van der Waals surface area contributed by atoms with Gasteiger partial charge in [-0.2, -0.15) is 0 Å². The summed E-state index contributed by atoms with van der Waals surface area (Å²) in [6.45, 7) is 0. The highest BCUT2D eigenvalue weighted by Crippen LogP contribution is 2.37. The molecule has 1 aliphatic rings. The van der Waals surface area contributed by atoms with E-state index >= 15 is 0 Å². The maximum Gasteiger partial charge on any atom is 0.270 e. The number of anilines is 1. The number of aryl methyl sites for hydroxylation is 1. The molecule has 3 nitrogen and oxygen atoms in total. The number of rotatable bonds is 2. The highest BCUT2D eigenvalue weighted by molar-refractivity contribution is 8.27. The molecule has 6 heteroatoms. The fourth-order valence-electron chi connectivity index (χ4n) is 2.91. The Morgan fingerprint density at radius 2 is 1.84 bits per heavy atom. The Morgan fingerprint density at radius 1 is 1.12 bits per heavy atom. The van der Waals surface area contributed by atoms with Crippen molar-refractivity contribution in [3.63, 3.8) is 0 Å². The summed E-state index contributed by atoms with van der Waals surface area (Å²) in [6, 6.07) is 15.2. The third-order valence-corrected chi connectivity index (χ3v) is 5.65. The van der Waals surface area contributed by atoms with Gasteiger partial charge in [-0.1, -0.05) is 53.8 Å². The summed E-state index contributed by atoms with van der Waals surface area (Å²) in [5.74, 6) is -0.106. The van der Waals surface area contributed by atoms with Crippen LogP contribution in [0.4, 0.5) is 5.69 Å².